The number of nitrogens with zero attached hydrogens (tertiary/aromatic N) is 1. The average molecular weight is 423 g/mol. The van der Waals surface area contributed by atoms with Gasteiger partial charge in [0.05, 0.1) is 29.5 Å². The van der Waals surface area contributed by atoms with Crippen LogP contribution in [0.3, 0.4) is 0 Å². The van der Waals surface area contributed by atoms with Gasteiger partial charge in [0.15, 0.2) is 11.5 Å². The Hall–Kier alpha value is -3.44. The Morgan fingerprint density at radius 1 is 1.37 bits per heavy atom. The number of benzene rings is 2. The summed E-state index contributed by atoms with van der Waals surface area (Å²) in [5, 5.41) is 25.5. The van der Waals surface area contributed by atoms with Crippen molar-refractivity contribution in [3.05, 3.63) is 64.2 Å². The molecular weight excluding hydrogens is 402 g/mol. The number of nitriles is 1. The van der Waals surface area contributed by atoms with Crippen molar-refractivity contribution in [2.45, 2.75) is 19.3 Å². The fourth-order valence-corrected chi connectivity index (χ4v) is 4.04. The Labute approximate surface area is 178 Å². The van der Waals surface area contributed by atoms with Crippen molar-refractivity contribution in [3.63, 3.8) is 0 Å². The molecule has 1 aliphatic rings. The molecule has 8 heteroatoms. The lowest BCUT2D eigenvalue weighted by molar-refractivity contribution is -0.121. The van der Waals surface area contributed by atoms with Crippen molar-refractivity contribution in [3.8, 4) is 17.6 Å². The molecule has 0 fully saturated rings. The van der Waals surface area contributed by atoms with E-state index in [9.17, 15) is 20.0 Å². The maximum atomic E-state index is 12.4. The van der Waals surface area contributed by atoms with Crippen LogP contribution in [0.25, 0.3) is 0 Å². The van der Waals surface area contributed by atoms with Crippen LogP contribution >= 0.6 is 11.8 Å². The van der Waals surface area contributed by atoms with Gasteiger partial charge in [-0.25, -0.2) is 0 Å². The average Bonchev–Trinajstić information content (AvgIpc) is 2.74. The predicted octanol–water partition coefficient (Wildman–Crippen LogP) is 3.42. The number of thioether (sulfide) groups is 1. The fraction of sp³-hybridized carbons (Fsp3) is 0.227. The zero-order valence-corrected chi connectivity index (χ0v) is 17.4. The maximum absolute atomic E-state index is 12.4. The van der Waals surface area contributed by atoms with Gasteiger partial charge in [-0.15, -0.1) is 0 Å². The number of aryl methyl sites for hydroxylation is 1. The van der Waals surface area contributed by atoms with Crippen molar-refractivity contribution >= 4 is 29.3 Å². The van der Waals surface area contributed by atoms with Crippen LogP contribution in [-0.4, -0.2) is 29.8 Å². The van der Waals surface area contributed by atoms with Gasteiger partial charge in [0.25, 0.3) is 0 Å². The minimum Gasteiger partial charge on any atom is -0.504 e. The number of ether oxygens (including phenoxy) is 1. The van der Waals surface area contributed by atoms with Gasteiger partial charge < -0.3 is 20.5 Å². The van der Waals surface area contributed by atoms with Gasteiger partial charge in [-0.05, 0) is 36.2 Å². The standard InChI is InChI=1S/C22H21N3O4S/c1-13-5-3-4-6-17(13)24-21(28)12-30-22-16(11-23)15(10-20(27)25-22)14-7-8-18(26)19(9-14)29-2/h3-9,15,26H,10,12H2,1-2H3,(H,24,28)(H,25,27)/t15-/m1/s1. The van der Waals surface area contributed by atoms with Crippen LogP contribution in [0.2, 0.25) is 0 Å². The van der Waals surface area contributed by atoms with Gasteiger partial charge >= 0.3 is 0 Å². The minimum atomic E-state index is -0.486. The largest absolute Gasteiger partial charge is 0.504 e. The summed E-state index contributed by atoms with van der Waals surface area (Å²) in [6.45, 7) is 1.90. The number of nitrogens with one attached hydrogen (secondary N) is 2. The summed E-state index contributed by atoms with van der Waals surface area (Å²) in [6.07, 6.45) is 0.0935. The van der Waals surface area contributed by atoms with Crippen LogP contribution in [0.1, 0.15) is 23.5 Å². The molecule has 0 aliphatic carbocycles. The summed E-state index contributed by atoms with van der Waals surface area (Å²) < 4.78 is 5.14. The third-order valence-electron chi connectivity index (χ3n) is 4.73. The zero-order chi connectivity index (χ0) is 21.7. The van der Waals surface area contributed by atoms with E-state index in [1.807, 2.05) is 31.2 Å². The lowest BCUT2D eigenvalue weighted by atomic mass is 9.87. The third-order valence-corrected chi connectivity index (χ3v) is 5.75. The molecule has 2 amide bonds. The molecule has 2 aromatic rings. The highest BCUT2D eigenvalue weighted by Gasteiger charge is 2.30. The van der Waals surface area contributed by atoms with Crippen molar-refractivity contribution in [1.29, 1.82) is 5.26 Å². The highest BCUT2D eigenvalue weighted by molar-refractivity contribution is 8.03. The Morgan fingerprint density at radius 3 is 2.83 bits per heavy atom. The number of anilines is 1. The van der Waals surface area contributed by atoms with Crippen LogP contribution in [0.4, 0.5) is 5.69 Å². The second kappa shape index (κ2) is 9.37. The van der Waals surface area contributed by atoms with E-state index in [1.165, 1.54) is 13.2 Å². The lowest BCUT2D eigenvalue weighted by Gasteiger charge is -2.25. The topological polar surface area (TPSA) is 111 Å². The molecule has 0 radical (unpaired) electrons. The quantitative estimate of drug-likeness (QED) is 0.656. The first kappa shape index (κ1) is 21.3. The molecule has 0 bridgehead atoms. The molecule has 1 heterocycles. The summed E-state index contributed by atoms with van der Waals surface area (Å²) in [5.74, 6) is -0.676. The van der Waals surface area contributed by atoms with E-state index in [4.69, 9.17) is 4.74 Å². The van der Waals surface area contributed by atoms with Crippen LogP contribution in [0, 0.1) is 18.3 Å². The normalized spacial score (nSPS) is 15.9. The maximum Gasteiger partial charge on any atom is 0.234 e. The zero-order valence-electron chi connectivity index (χ0n) is 16.6. The molecule has 3 rings (SSSR count). The highest BCUT2D eigenvalue weighted by Crippen LogP contribution is 2.38. The molecule has 7 nitrogen and oxygen atoms in total. The number of hydrogen-bond acceptors (Lipinski definition) is 6. The van der Waals surface area contributed by atoms with Gasteiger partial charge in [-0.1, -0.05) is 36.0 Å². The minimum absolute atomic E-state index is 0.0218. The fourth-order valence-electron chi connectivity index (χ4n) is 3.17. The Balaban J connectivity index is 1.80. The van der Waals surface area contributed by atoms with Crippen LogP contribution in [0.5, 0.6) is 11.5 Å². The predicted molar refractivity (Wildman–Crippen MR) is 115 cm³/mol. The molecular formula is C22H21N3O4S. The van der Waals surface area contributed by atoms with E-state index in [-0.39, 0.29) is 35.5 Å². The number of rotatable bonds is 6. The Morgan fingerprint density at radius 2 is 2.13 bits per heavy atom. The first-order valence-corrected chi connectivity index (χ1v) is 10.2. The summed E-state index contributed by atoms with van der Waals surface area (Å²) in [7, 11) is 1.43. The highest BCUT2D eigenvalue weighted by atomic mass is 32.2. The van der Waals surface area contributed by atoms with Gasteiger partial charge in [0.1, 0.15) is 0 Å². The summed E-state index contributed by atoms with van der Waals surface area (Å²) >= 11 is 1.11. The molecule has 30 heavy (non-hydrogen) atoms. The van der Waals surface area contributed by atoms with Gasteiger partial charge in [0, 0.05) is 18.0 Å². The molecule has 2 aromatic carbocycles. The van der Waals surface area contributed by atoms with E-state index in [2.05, 4.69) is 16.7 Å². The third kappa shape index (κ3) is 4.75. The number of methoxy groups -OCH3 is 1. The van der Waals surface area contributed by atoms with Gasteiger partial charge in [0.2, 0.25) is 11.8 Å². The second-order valence-corrected chi connectivity index (χ2v) is 7.73. The van der Waals surface area contributed by atoms with Gasteiger partial charge in [-0.3, -0.25) is 9.59 Å². The molecule has 1 atom stereocenters. The molecule has 0 spiro atoms. The Kier molecular flexibility index (Phi) is 6.65. The van der Waals surface area contributed by atoms with Crippen LogP contribution in [-0.2, 0) is 9.59 Å². The van der Waals surface area contributed by atoms with Crippen molar-refractivity contribution < 1.29 is 19.4 Å². The number of phenols is 1. The number of hydrogen-bond donors (Lipinski definition) is 3. The summed E-state index contributed by atoms with van der Waals surface area (Å²) in [6, 6.07) is 14.3. The van der Waals surface area contributed by atoms with Crippen molar-refractivity contribution in [2.75, 3.05) is 18.2 Å². The van der Waals surface area contributed by atoms with E-state index >= 15 is 0 Å². The molecule has 0 unspecified atom stereocenters. The molecule has 3 N–H and O–H groups in total. The summed E-state index contributed by atoms with van der Waals surface area (Å²) in [5.41, 5.74) is 2.72. The summed E-state index contributed by atoms with van der Waals surface area (Å²) in [4.78, 5) is 24.6. The number of allylic oxidation sites excluding steroid dienone is 1. The van der Waals surface area contributed by atoms with E-state index < -0.39 is 5.92 Å². The molecule has 0 saturated heterocycles. The Bertz CT molecular complexity index is 1060. The monoisotopic (exact) mass is 423 g/mol. The number of carbonyl (C=O) groups is 2. The molecule has 0 aromatic heterocycles. The van der Waals surface area contributed by atoms with Crippen molar-refractivity contribution in [2.24, 2.45) is 0 Å². The van der Waals surface area contributed by atoms with E-state index in [1.54, 1.807) is 12.1 Å². The molecule has 154 valence electrons. The van der Waals surface area contributed by atoms with E-state index in [0.717, 1.165) is 23.0 Å². The van der Waals surface area contributed by atoms with Crippen LogP contribution < -0.4 is 15.4 Å². The van der Waals surface area contributed by atoms with Gasteiger partial charge in [-0.2, -0.15) is 5.26 Å². The SMILES string of the molecule is COc1cc([C@H]2CC(=O)NC(SCC(=O)Nc3ccccc3C)=C2C#N)ccc1O. The first-order valence-electron chi connectivity index (χ1n) is 9.22. The van der Waals surface area contributed by atoms with E-state index in [0.29, 0.717) is 16.2 Å². The van der Waals surface area contributed by atoms with Crippen molar-refractivity contribution in [1.82, 2.24) is 5.32 Å². The number of carbonyl (C=O) groups excluding carboxylic acids is 2. The first-order chi connectivity index (χ1) is 14.4. The molecule has 1 aliphatic heterocycles. The number of phenolic OH excluding ortho intramolecular Hbond substituents is 1. The van der Waals surface area contributed by atoms with Crippen LogP contribution in [0.15, 0.2) is 53.1 Å². The smallest absolute Gasteiger partial charge is 0.234 e. The second-order valence-electron chi connectivity index (χ2n) is 6.74. The number of aromatic hydroxyl groups is 1. The number of para-hydroxylation sites is 1. The number of amides is 2. The lowest BCUT2D eigenvalue weighted by Crippen LogP contribution is -2.31. The molecule has 0 saturated carbocycles.